The van der Waals surface area contributed by atoms with Gasteiger partial charge in [-0.15, -0.1) is 0 Å². The number of nitrogens with two attached hydrogens (primary N) is 1. The van der Waals surface area contributed by atoms with E-state index in [4.69, 9.17) is 5.73 Å². The molecule has 1 unspecified atom stereocenters. The van der Waals surface area contributed by atoms with Gasteiger partial charge in [-0.05, 0) is 23.5 Å². The monoisotopic (exact) mass is 257 g/mol. The lowest BCUT2D eigenvalue weighted by Gasteiger charge is -2.16. The van der Waals surface area contributed by atoms with E-state index in [0.717, 1.165) is 6.42 Å². The maximum absolute atomic E-state index is 5.79. The van der Waals surface area contributed by atoms with E-state index < -0.39 is 8.07 Å². The minimum Gasteiger partial charge on any atom is -0.326 e. The van der Waals surface area contributed by atoms with E-state index >= 15 is 0 Å². The third-order valence-corrected chi connectivity index (χ3v) is 5.64. The van der Waals surface area contributed by atoms with Gasteiger partial charge in [0.15, 0.2) is 0 Å². The lowest BCUT2D eigenvalue weighted by atomic mass is 9.97. The normalized spacial score (nSPS) is 19.1. The molecule has 1 atom stereocenters. The molecule has 0 fully saturated rings. The van der Waals surface area contributed by atoms with Crippen molar-refractivity contribution in [1.82, 2.24) is 0 Å². The minimum atomic E-state index is -1.16. The van der Waals surface area contributed by atoms with E-state index in [1.165, 1.54) is 11.1 Å². The molecule has 1 aromatic rings. The molecule has 18 heavy (non-hydrogen) atoms. The molecule has 96 valence electrons. The highest BCUT2D eigenvalue weighted by molar-refractivity contribution is 6.83. The fourth-order valence-electron chi connectivity index (χ4n) is 2.41. The Balaban J connectivity index is 2.13. The second-order valence-electron chi connectivity index (χ2n) is 6.07. The highest BCUT2D eigenvalue weighted by Gasteiger charge is 2.22. The number of rotatable bonds is 4. The number of hydrogen-bond donors (Lipinski definition) is 1. The Hall–Kier alpha value is -1.12. The molecule has 0 amide bonds. The van der Waals surface area contributed by atoms with Crippen molar-refractivity contribution in [1.29, 1.82) is 0 Å². The molecule has 2 N–H and O–H groups in total. The summed E-state index contributed by atoms with van der Waals surface area (Å²) in [5.41, 5.74) is 8.46. The fourth-order valence-corrected chi connectivity index (χ4v) is 3.72. The summed E-state index contributed by atoms with van der Waals surface area (Å²) < 4.78 is 0. The van der Waals surface area contributed by atoms with Crippen LogP contribution in [0.2, 0.25) is 19.6 Å². The van der Waals surface area contributed by atoms with Crippen molar-refractivity contribution in [2.75, 3.05) is 0 Å². The van der Waals surface area contributed by atoms with Crippen LogP contribution in [0.5, 0.6) is 0 Å². The van der Waals surface area contributed by atoms with Crippen LogP contribution in [-0.4, -0.2) is 8.07 Å². The van der Waals surface area contributed by atoms with Crippen molar-refractivity contribution in [2.24, 2.45) is 11.7 Å². The maximum atomic E-state index is 5.79. The largest absolute Gasteiger partial charge is 0.326 e. The quantitative estimate of drug-likeness (QED) is 0.818. The smallest absolute Gasteiger partial charge is 0.0771 e. The Morgan fingerprint density at radius 1 is 1.11 bits per heavy atom. The Bertz CT molecular complexity index is 480. The van der Waals surface area contributed by atoms with E-state index in [1.807, 2.05) is 0 Å². The van der Waals surface area contributed by atoms with Crippen LogP contribution in [0.15, 0.2) is 47.7 Å². The number of benzene rings is 1. The van der Waals surface area contributed by atoms with Crippen LogP contribution < -0.4 is 5.73 Å². The first kappa shape index (κ1) is 13.3. The van der Waals surface area contributed by atoms with Gasteiger partial charge in [-0.2, -0.15) is 0 Å². The van der Waals surface area contributed by atoms with E-state index in [1.54, 1.807) is 5.20 Å². The molecular formula is C16H23NSi. The molecular weight excluding hydrogens is 234 g/mol. The lowest BCUT2D eigenvalue weighted by Crippen LogP contribution is -2.22. The first-order chi connectivity index (χ1) is 8.50. The van der Waals surface area contributed by atoms with Gasteiger partial charge < -0.3 is 5.73 Å². The summed E-state index contributed by atoms with van der Waals surface area (Å²) in [5.74, 6) is 0.555. The van der Waals surface area contributed by atoms with Crippen molar-refractivity contribution < 1.29 is 0 Å². The highest BCUT2D eigenvalue weighted by Crippen LogP contribution is 2.27. The standard InChI is InChI=1S/C16H23NSi/c1-18(2,3)16-9-8-13(11-16)10-14-6-4-5-7-15(14)12-17/h4-9,11,13H,10,12,17H2,1-3H3. The summed E-state index contributed by atoms with van der Waals surface area (Å²) in [5, 5.41) is 1.58. The van der Waals surface area contributed by atoms with E-state index in [-0.39, 0.29) is 0 Å². The molecule has 1 aliphatic rings. The van der Waals surface area contributed by atoms with E-state index in [0.29, 0.717) is 12.5 Å². The van der Waals surface area contributed by atoms with Gasteiger partial charge in [0.2, 0.25) is 0 Å². The molecule has 1 nitrogen and oxygen atoms in total. The van der Waals surface area contributed by atoms with E-state index in [9.17, 15) is 0 Å². The van der Waals surface area contributed by atoms with Crippen LogP contribution in [-0.2, 0) is 13.0 Å². The molecule has 0 heterocycles. The number of allylic oxidation sites excluding steroid dienone is 4. The molecule has 0 saturated carbocycles. The molecule has 2 heteroatoms. The predicted octanol–water partition coefficient (Wildman–Crippen LogP) is 3.68. The van der Waals surface area contributed by atoms with Crippen LogP contribution in [0.4, 0.5) is 0 Å². The highest BCUT2D eigenvalue weighted by atomic mass is 28.3. The Morgan fingerprint density at radius 2 is 1.78 bits per heavy atom. The summed E-state index contributed by atoms with van der Waals surface area (Å²) in [6.45, 7) is 7.84. The van der Waals surface area contributed by atoms with Gasteiger partial charge in [0.1, 0.15) is 0 Å². The average Bonchev–Trinajstić information content (AvgIpc) is 2.78. The molecule has 0 saturated heterocycles. The average molecular weight is 257 g/mol. The van der Waals surface area contributed by atoms with Gasteiger partial charge >= 0.3 is 0 Å². The fraction of sp³-hybridized carbons (Fsp3) is 0.375. The second kappa shape index (κ2) is 5.25. The molecule has 0 bridgehead atoms. The molecule has 2 rings (SSSR count). The van der Waals surface area contributed by atoms with Crippen molar-refractivity contribution >= 4 is 8.07 Å². The van der Waals surface area contributed by atoms with Gasteiger partial charge in [0, 0.05) is 6.54 Å². The maximum Gasteiger partial charge on any atom is 0.0771 e. The topological polar surface area (TPSA) is 26.0 Å². The second-order valence-corrected chi connectivity index (χ2v) is 11.1. The van der Waals surface area contributed by atoms with Crippen molar-refractivity contribution in [2.45, 2.75) is 32.6 Å². The van der Waals surface area contributed by atoms with Crippen LogP contribution >= 0.6 is 0 Å². The van der Waals surface area contributed by atoms with E-state index in [2.05, 4.69) is 62.1 Å². The molecule has 1 aromatic carbocycles. The van der Waals surface area contributed by atoms with Crippen LogP contribution in [0.25, 0.3) is 0 Å². The van der Waals surface area contributed by atoms with Crippen molar-refractivity contribution in [3.63, 3.8) is 0 Å². The van der Waals surface area contributed by atoms with Gasteiger partial charge in [-0.3, -0.25) is 0 Å². The Morgan fingerprint density at radius 3 is 2.33 bits per heavy atom. The molecule has 0 radical (unpaired) electrons. The van der Waals surface area contributed by atoms with Gasteiger partial charge in [-0.1, -0.05) is 67.3 Å². The van der Waals surface area contributed by atoms with Crippen LogP contribution in [0.1, 0.15) is 11.1 Å². The number of hydrogen-bond acceptors (Lipinski definition) is 1. The molecule has 0 aromatic heterocycles. The zero-order chi connectivity index (χ0) is 13.2. The summed E-state index contributed by atoms with van der Waals surface area (Å²) in [7, 11) is -1.16. The first-order valence-electron chi connectivity index (χ1n) is 6.68. The van der Waals surface area contributed by atoms with Crippen molar-refractivity contribution in [3.05, 3.63) is 58.8 Å². The zero-order valence-corrected chi connectivity index (χ0v) is 12.6. The van der Waals surface area contributed by atoms with Gasteiger partial charge in [0.25, 0.3) is 0 Å². The minimum absolute atomic E-state index is 0.555. The summed E-state index contributed by atoms with van der Waals surface area (Å²) in [6.07, 6.45) is 8.22. The van der Waals surface area contributed by atoms with Crippen LogP contribution in [0, 0.1) is 5.92 Å². The predicted molar refractivity (Wildman–Crippen MR) is 82.1 cm³/mol. The first-order valence-corrected chi connectivity index (χ1v) is 10.2. The Kier molecular flexibility index (Phi) is 3.88. The molecule has 0 spiro atoms. The summed E-state index contributed by atoms with van der Waals surface area (Å²) in [6, 6.07) is 8.52. The van der Waals surface area contributed by atoms with Gasteiger partial charge in [0.05, 0.1) is 8.07 Å². The van der Waals surface area contributed by atoms with Crippen LogP contribution in [0.3, 0.4) is 0 Å². The third-order valence-electron chi connectivity index (χ3n) is 3.58. The third kappa shape index (κ3) is 3.00. The SMILES string of the molecule is C[Si](C)(C)C1=CC(Cc2ccccc2CN)C=C1. The molecule has 1 aliphatic carbocycles. The lowest BCUT2D eigenvalue weighted by molar-refractivity contribution is 0.801. The van der Waals surface area contributed by atoms with Gasteiger partial charge in [-0.25, -0.2) is 0 Å². The summed E-state index contributed by atoms with van der Waals surface area (Å²) >= 11 is 0. The zero-order valence-electron chi connectivity index (χ0n) is 11.6. The molecule has 0 aliphatic heterocycles. The summed E-state index contributed by atoms with van der Waals surface area (Å²) in [4.78, 5) is 0. The Labute approximate surface area is 111 Å². The van der Waals surface area contributed by atoms with Crippen molar-refractivity contribution in [3.8, 4) is 0 Å².